The Hall–Kier alpha value is -1.38. The summed E-state index contributed by atoms with van der Waals surface area (Å²) in [5.41, 5.74) is 1.60. The van der Waals surface area contributed by atoms with Gasteiger partial charge < -0.3 is 10.7 Å². The Bertz CT molecular complexity index is 345. The molecule has 0 radical (unpaired) electrons. The highest BCUT2D eigenvalue weighted by Gasteiger charge is 2.07. The summed E-state index contributed by atoms with van der Waals surface area (Å²) in [4.78, 5) is 4.30. The molecule has 0 spiro atoms. The van der Waals surface area contributed by atoms with E-state index in [2.05, 4.69) is 31.1 Å². The number of rotatable bonds is 6. The molecule has 0 unspecified atom stereocenters. The first-order chi connectivity index (χ1) is 7.65. The molecule has 1 heterocycles. The second-order valence-corrected chi connectivity index (χ2v) is 4.40. The molecular weight excluding hydrogens is 198 g/mol. The van der Waals surface area contributed by atoms with Crippen molar-refractivity contribution in [3.63, 3.8) is 0 Å². The van der Waals surface area contributed by atoms with E-state index in [1.54, 1.807) is 6.20 Å². The zero-order chi connectivity index (χ0) is 12.0. The van der Waals surface area contributed by atoms with Crippen molar-refractivity contribution < 1.29 is 0 Å². The first kappa shape index (κ1) is 12.7. The number of hydrogen-bond donors (Lipinski definition) is 2. The van der Waals surface area contributed by atoms with Crippen molar-refractivity contribution in [3.8, 4) is 0 Å². The molecule has 0 aliphatic heterocycles. The first-order valence-electron chi connectivity index (χ1n) is 5.91. The van der Waals surface area contributed by atoms with Gasteiger partial charge in [-0.15, -0.1) is 0 Å². The standard InChI is InChI=1S/C13H21N3/c1-4-6-12(14)11-7-5-8-15-13(11)16-9-10(2)3/h5,7-8,10,14H,4,6,9H2,1-3H3,(H,15,16). The Morgan fingerprint density at radius 2 is 2.25 bits per heavy atom. The van der Waals surface area contributed by atoms with E-state index in [9.17, 15) is 0 Å². The number of nitrogens with zero attached hydrogens (tertiary/aromatic N) is 1. The zero-order valence-electron chi connectivity index (χ0n) is 10.4. The lowest BCUT2D eigenvalue weighted by atomic mass is 10.1. The molecule has 0 saturated carbocycles. The highest BCUT2D eigenvalue weighted by Crippen LogP contribution is 2.14. The van der Waals surface area contributed by atoms with Crippen LogP contribution in [0.4, 0.5) is 5.82 Å². The van der Waals surface area contributed by atoms with Crippen LogP contribution in [0.3, 0.4) is 0 Å². The van der Waals surface area contributed by atoms with Gasteiger partial charge in [0.1, 0.15) is 5.82 Å². The van der Waals surface area contributed by atoms with Crippen LogP contribution >= 0.6 is 0 Å². The summed E-state index contributed by atoms with van der Waals surface area (Å²) in [6, 6.07) is 3.85. The van der Waals surface area contributed by atoms with Crippen LogP contribution in [-0.2, 0) is 0 Å². The molecule has 0 aliphatic carbocycles. The van der Waals surface area contributed by atoms with E-state index in [4.69, 9.17) is 5.41 Å². The van der Waals surface area contributed by atoms with Crippen molar-refractivity contribution in [1.82, 2.24) is 4.98 Å². The van der Waals surface area contributed by atoms with E-state index in [0.717, 1.165) is 30.8 Å². The van der Waals surface area contributed by atoms with Crippen LogP contribution in [-0.4, -0.2) is 17.2 Å². The number of anilines is 1. The average molecular weight is 219 g/mol. The number of aromatic nitrogens is 1. The third kappa shape index (κ3) is 3.65. The van der Waals surface area contributed by atoms with Gasteiger partial charge in [-0.2, -0.15) is 0 Å². The molecule has 0 atom stereocenters. The fourth-order valence-corrected chi connectivity index (χ4v) is 1.48. The van der Waals surface area contributed by atoms with Gasteiger partial charge in [-0.05, 0) is 24.5 Å². The molecule has 88 valence electrons. The lowest BCUT2D eigenvalue weighted by Crippen LogP contribution is -2.13. The Morgan fingerprint density at radius 1 is 1.50 bits per heavy atom. The van der Waals surface area contributed by atoms with Crippen LogP contribution in [0, 0.1) is 11.3 Å². The minimum atomic E-state index is 0.579. The maximum Gasteiger partial charge on any atom is 0.135 e. The maximum absolute atomic E-state index is 7.98. The first-order valence-corrected chi connectivity index (χ1v) is 5.91. The minimum absolute atomic E-state index is 0.579. The molecule has 0 saturated heterocycles. The van der Waals surface area contributed by atoms with Gasteiger partial charge in [-0.25, -0.2) is 4.98 Å². The van der Waals surface area contributed by atoms with Crippen molar-refractivity contribution in [2.75, 3.05) is 11.9 Å². The van der Waals surface area contributed by atoms with E-state index in [-0.39, 0.29) is 0 Å². The number of hydrogen-bond acceptors (Lipinski definition) is 3. The van der Waals surface area contributed by atoms with Crippen LogP contribution in [0.15, 0.2) is 18.3 Å². The summed E-state index contributed by atoms with van der Waals surface area (Å²) in [5, 5.41) is 11.3. The molecule has 2 N–H and O–H groups in total. The Balaban J connectivity index is 2.78. The summed E-state index contributed by atoms with van der Waals surface area (Å²) < 4.78 is 0. The fraction of sp³-hybridized carbons (Fsp3) is 0.538. The molecule has 0 aliphatic rings. The minimum Gasteiger partial charge on any atom is -0.369 e. The predicted octanol–water partition coefficient (Wildman–Crippen LogP) is 3.32. The predicted molar refractivity (Wildman–Crippen MR) is 69.3 cm³/mol. The molecule has 3 nitrogen and oxygen atoms in total. The van der Waals surface area contributed by atoms with Crippen LogP contribution in [0.2, 0.25) is 0 Å². The smallest absolute Gasteiger partial charge is 0.135 e. The van der Waals surface area contributed by atoms with Gasteiger partial charge in [-0.1, -0.05) is 27.2 Å². The monoisotopic (exact) mass is 219 g/mol. The second kappa shape index (κ2) is 6.26. The summed E-state index contributed by atoms with van der Waals surface area (Å²) >= 11 is 0. The lowest BCUT2D eigenvalue weighted by Gasteiger charge is -2.12. The van der Waals surface area contributed by atoms with Crippen LogP contribution in [0.5, 0.6) is 0 Å². The lowest BCUT2D eigenvalue weighted by molar-refractivity contribution is 0.687. The quantitative estimate of drug-likeness (QED) is 0.721. The molecule has 0 fully saturated rings. The molecule has 0 amide bonds. The van der Waals surface area contributed by atoms with Gasteiger partial charge in [0.05, 0.1) is 0 Å². The van der Waals surface area contributed by atoms with E-state index in [1.165, 1.54) is 0 Å². The van der Waals surface area contributed by atoms with Crippen molar-refractivity contribution in [2.24, 2.45) is 5.92 Å². The molecule has 0 aromatic carbocycles. The van der Waals surface area contributed by atoms with Crippen molar-refractivity contribution in [1.29, 1.82) is 5.41 Å². The van der Waals surface area contributed by atoms with Gasteiger partial charge in [0.25, 0.3) is 0 Å². The molecule has 1 aromatic heterocycles. The van der Waals surface area contributed by atoms with Gasteiger partial charge in [0, 0.05) is 24.0 Å². The maximum atomic E-state index is 7.98. The highest BCUT2D eigenvalue weighted by molar-refractivity contribution is 6.02. The normalized spacial score (nSPS) is 10.5. The zero-order valence-corrected chi connectivity index (χ0v) is 10.4. The van der Waals surface area contributed by atoms with E-state index < -0.39 is 0 Å². The molecule has 1 aromatic rings. The molecule has 0 bridgehead atoms. The molecule has 16 heavy (non-hydrogen) atoms. The number of pyridine rings is 1. The summed E-state index contributed by atoms with van der Waals surface area (Å²) in [7, 11) is 0. The van der Waals surface area contributed by atoms with Gasteiger partial charge in [0.2, 0.25) is 0 Å². The van der Waals surface area contributed by atoms with Crippen LogP contribution in [0.25, 0.3) is 0 Å². The Kier molecular flexibility index (Phi) is 4.96. The molecule has 3 heteroatoms. The molecular formula is C13H21N3. The van der Waals surface area contributed by atoms with E-state index >= 15 is 0 Å². The Morgan fingerprint density at radius 3 is 2.88 bits per heavy atom. The van der Waals surface area contributed by atoms with Crippen LogP contribution in [0.1, 0.15) is 39.2 Å². The van der Waals surface area contributed by atoms with Gasteiger partial charge in [-0.3, -0.25) is 0 Å². The second-order valence-electron chi connectivity index (χ2n) is 4.40. The summed E-state index contributed by atoms with van der Waals surface area (Å²) in [6.45, 7) is 7.30. The largest absolute Gasteiger partial charge is 0.369 e. The van der Waals surface area contributed by atoms with Crippen LogP contribution < -0.4 is 5.32 Å². The number of nitrogens with one attached hydrogen (secondary N) is 2. The van der Waals surface area contributed by atoms with Crippen molar-refractivity contribution in [3.05, 3.63) is 23.9 Å². The topological polar surface area (TPSA) is 48.8 Å². The third-order valence-electron chi connectivity index (χ3n) is 2.31. The summed E-state index contributed by atoms with van der Waals surface area (Å²) in [6.07, 6.45) is 3.57. The van der Waals surface area contributed by atoms with E-state index in [0.29, 0.717) is 11.6 Å². The van der Waals surface area contributed by atoms with Gasteiger partial charge >= 0.3 is 0 Å². The van der Waals surface area contributed by atoms with Crippen molar-refractivity contribution in [2.45, 2.75) is 33.6 Å². The average Bonchev–Trinajstić information content (AvgIpc) is 2.27. The van der Waals surface area contributed by atoms with Crippen molar-refractivity contribution >= 4 is 11.5 Å². The Labute approximate surface area is 97.8 Å². The fourth-order valence-electron chi connectivity index (χ4n) is 1.48. The molecule has 1 rings (SSSR count). The SMILES string of the molecule is CCCC(=N)c1cccnc1NCC(C)C. The highest BCUT2D eigenvalue weighted by atomic mass is 15.0. The third-order valence-corrected chi connectivity index (χ3v) is 2.31. The summed E-state index contributed by atoms with van der Waals surface area (Å²) in [5.74, 6) is 1.42. The van der Waals surface area contributed by atoms with E-state index in [1.807, 2.05) is 12.1 Å². The van der Waals surface area contributed by atoms with Gasteiger partial charge in [0.15, 0.2) is 0 Å².